The highest BCUT2D eigenvalue weighted by atomic mass is 16.5. The standard InChI is InChI=1S/C12H18N2O.C10H17NO2/c1-8(2)12(15)14-7-11-6-13-10(4)5-9(11)3;1-7(2)9(12)11-8-5-13-6-10(8)3-4-10/h5-6,8H,7H2,1-4H3,(H,14,15);7-8H,3-6H2,1-2H3,(H,11,12). The maximum absolute atomic E-state index is 11.4. The summed E-state index contributed by atoms with van der Waals surface area (Å²) in [6.07, 6.45) is 4.26. The van der Waals surface area contributed by atoms with Gasteiger partial charge in [-0.15, -0.1) is 0 Å². The predicted octanol–water partition coefficient (Wildman–Crippen LogP) is 2.91. The Morgan fingerprint density at radius 2 is 1.82 bits per heavy atom. The summed E-state index contributed by atoms with van der Waals surface area (Å²) in [5.74, 6) is 0.344. The summed E-state index contributed by atoms with van der Waals surface area (Å²) in [6, 6.07) is 2.30. The lowest BCUT2D eigenvalue weighted by atomic mass is 10.0. The summed E-state index contributed by atoms with van der Waals surface area (Å²) in [5, 5.41) is 5.95. The van der Waals surface area contributed by atoms with Crippen molar-refractivity contribution in [2.45, 2.75) is 67.0 Å². The molecule has 28 heavy (non-hydrogen) atoms. The van der Waals surface area contributed by atoms with Crippen LogP contribution in [0, 0.1) is 31.1 Å². The van der Waals surface area contributed by atoms with Crippen molar-refractivity contribution in [3.05, 3.63) is 29.1 Å². The zero-order valence-corrected chi connectivity index (χ0v) is 18.1. The molecule has 1 saturated carbocycles. The highest BCUT2D eigenvalue weighted by Gasteiger charge is 2.53. The van der Waals surface area contributed by atoms with E-state index in [2.05, 4.69) is 15.6 Å². The molecule has 2 N–H and O–H groups in total. The molecule has 3 rings (SSSR count). The molecule has 2 amide bonds. The molecule has 1 spiro atoms. The minimum atomic E-state index is 0.0312. The first-order chi connectivity index (χ1) is 13.1. The van der Waals surface area contributed by atoms with Crippen molar-refractivity contribution in [2.24, 2.45) is 17.3 Å². The van der Waals surface area contributed by atoms with Crippen LogP contribution in [0.2, 0.25) is 0 Å². The van der Waals surface area contributed by atoms with E-state index >= 15 is 0 Å². The molecule has 1 saturated heterocycles. The van der Waals surface area contributed by atoms with Gasteiger partial charge in [-0.25, -0.2) is 0 Å². The second-order valence-electron chi connectivity index (χ2n) is 8.72. The normalized spacial score (nSPS) is 19.4. The molecule has 1 aliphatic carbocycles. The SMILES string of the molecule is CC(C)C(=O)NC1COCC12CC2.Cc1cc(C)c(CNC(=O)C(C)C)cn1. The van der Waals surface area contributed by atoms with E-state index in [1.807, 2.05) is 53.8 Å². The van der Waals surface area contributed by atoms with E-state index in [-0.39, 0.29) is 29.7 Å². The Balaban J connectivity index is 0.000000202. The first kappa shape index (κ1) is 22.3. The molecule has 0 radical (unpaired) electrons. The van der Waals surface area contributed by atoms with E-state index in [1.165, 1.54) is 18.4 Å². The summed E-state index contributed by atoms with van der Waals surface area (Å²) < 4.78 is 5.40. The third-order valence-corrected chi connectivity index (χ3v) is 5.48. The number of nitrogens with zero attached hydrogens (tertiary/aromatic N) is 1. The zero-order valence-electron chi connectivity index (χ0n) is 18.1. The number of amides is 2. The number of carbonyl (C=O) groups excluding carboxylic acids is 2. The molecular formula is C22H35N3O3. The summed E-state index contributed by atoms with van der Waals surface area (Å²) in [6.45, 7) is 13.7. The number of nitrogens with one attached hydrogen (secondary N) is 2. The molecule has 1 atom stereocenters. The summed E-state index contributed by atoms with van der Waals surface area (Å²) in [5.41, 5.74) is 3.58. The quantitative estimate of drug-likeness (QED) is 0.811. The van der Waals surface area contributed by atoms with Gasteiger partial charge in [0.05, 0.1) is 19.3 Å². The van der Waals surface area contributed by atoms with Gasteiger partial charge in [0.1, 0.15) is 0 Å². The van der Waals surface area contributed by atoms with E-state index in [9.17, 15) is 9.59 Å². The van der Waals surface area contributed by atoms with Crippen LogP contribution in [-0.2, 0) is 20.9 Å². The Hall–Kier alpha value is -1.95. The van der Waals surface area contributed by atoms with Gasteiger partial charge >= 0.3 is 0 Å². The molecule has 6 nitrogen and oxygen atoms in total. The van der Waals surface area contributed by atoms with Gasteiger partial charge in [0.15, 0.2) is 0 Å². The fourth-order valence-corrected chi connectivity index (χ4v) is 3.14. The topological polar surface area (TPSA) is 80.3 Å². The van der Waals surface area contributed by atoms with Crippen LogP contribution >= 0.6 is 0 Å². The number of hydrogen-bond acceptors (Lipinski definition) is 4. The summed E-state index contributed by atoms with van der Waals surface area (Å²) >= 11 is 0. The van der Waals surface area contributed by atoms with Crippen LogP contribution in [0.4, 0.5) is 0 Å². The number of ether oxygens (including phenoxy) is 1. The lowest BCUT2D eigenvalue weighted by Gasteiger charge is -2.18. The van der Waals surface area contributed by atoms with Crippen LogP contribution in [0.1, 0.15) is 57.4 Å². The van der Waals surface area contributed by atoms with Crippen LogP contribution in [-0.4, -0.2) is 36.1 Å². The molecule has 2 aliphatic rings. The number of carbonyl (C=O) groups is 2. The Kier molecular flexibility index (Phi) is 7.58. The van der Waals surface area contributed by atoms with E-state index in [1.54, 1.807) is 0 Å². The lowest BCUT2D eigenvalue weighted by Crippen LogP contribution is -2.42. The van der Waals surface area contributed by atoms with Crippen LogP contribution in [0.5, 0.6) is 0 Å². The molecular weight excluding hydrogens is 354 g/mol. The summed E-state index contributed by atoms with van der Waals surface area (Å²) in [7, 11) is 0. The largest absolute Gasteiger partial charge is 0.379 e. The second-order valence-corrected chi connectivity index (χ2v) is 8.72. The van der Waals surface area contributed by atoms with Crippen LogP contribution < -0.4 is 10.6 Å². The van der Waals surface area contributed by atoms with Crippen molar-refractivity contribution < 1.29 is 14.3 Å². The molecule has 2 fully saturated rings. The Labute approximate surface area is 168 Å². The highest BCUT2D eigenvalue weighted by Crippen LogP contribution is 2.51. The second kappa shape index (κ2) is 9.50. The van der Waals surface area contributed by atoms with Gasteiger partial charge in [-0.1, -0.05) is 27.7 Å². The van der Waals surface area contributed by atoms with E-state index in [0.717, 1.165) is 17.9 Å². The van der Waals surface area contributed by atoms with Crippen LogP contribution in [0.15, 0.2) is 12.3 Å². The fraction of sp³-hybridized carbons (Fsp3) is 0.682. The van der Waals surface area contributed by atoms with E-state index in [0.29, 0.717) is 18.6 Å². The van der Waals surface area contributed by atoms with Crippen molar-refractivity contribution in [2.75, 3.05) is 13.2 Å². The van der Waals surface area contributed by atoms with Gasteiger partial charge in [-0.3, -0.25) is 14.6 Å². The minimum Gasteiger partial charge on any atom is -0.379 e. The average molecular weight is 390 g/mol. The number of aromatic nitrogens is 1. The molecule has 1 aromatic heterocycles. The molecule has 0 bridgehead atoms. The van der Waals surface area contributed by atoms with Crippen molar-refractivity contribution in [1.82, 2.24) is 15.6 Å². The van der Waals surface area contributed by atoms with Crippen LogP contribution in [0.3, 0.4) is 0 Å². The van der Waals surface area contributed by atoms with Gasteiger partial charge in [0.2, 0.25) is 11.8 Å². The molecule has 1 aliphatic heterocycles. The smallest absolute Gasteiger partial charge is 0.222 e. The number of hydrogen-bond donors (Lipinski definition) is 2. The minimum absolute atomic E-state index is 0.0312. The van der Waals surface area contributed by atoms with Gasteiger partial charge in [0, 0.05) is 35.7 Å². The van der Waals surface area contributed by atoms with Gasteiger partial charge < -0.3 is 15.4 Å². The molecule has 6 heteroatoms. The first-order valence-corrected chi connectivity index (χ1v) is 10.2. The Bertz CT molecular complexity index is 696. The third-order valence-electron chi connectivity index (χ3n) is 5.48. The van der Waals surface area contributed by atoms with Gasteiger partial charge in [0.25, 0.3) is 0 Å². The molecule has 2 heterocycles. The zero-order chi connectivity index (χ0) is 20.9. The molecule has 1 unspecified atom stereocenters. The van der Waals surface area contributed by atoms with E-state index < -0.39 is 0 Å². The molecule has 1 aromatic rings. The Morgan fingerprint density at radius 3 is 2.36 bits per heavy atom. The first-order valence-electron chi connectivity index (χ1n) is 10.2. The summed E-state index contributed by atoms with van der Waals surface area (Å²) in [4.78, 5) is 27.0. The third kappa shape index (κ3) is 6.03. The number of rotatable bonds is 5. The maximum Gasteiger partial charge on any atom is 0.222 e. The lowest BCUT2D eigenvalue weighted by molar-refractivity contribution is -0.125. The average Bonchev–Trinajstić information content (AvgIpc) is 3.30. The van der Waals surface area contributed by atoms with Crippen molar-refractivity contribution in [1.29, 1.82) is 0 Å². The van der Waals surface area contributed by atoms with Gasteiger partial charge in [-0.2, -0.15) is 0 Å². The Morgan fingerprint density at radius 1 is 1.18 bits per heavy atom. The van der Waals surface area contributed by atoms with Crippen LogP contribution in [0.25, 0.3) is 0 Å². The monoisotopic (exact) mass is 389 g/mol. The predicted molar refractivity (Wildman–Crippen MR) is 110 cm³/mol. The molecule has 0 aromatic carbocycles. The number of pyridine rings is 1. The van der Waals surface area contributed by atoms with Crippen molar-refractivity contribution in [3.63, 3.8) is 0 Å². The van der Waals surface area contributed by atoms with Crippen molar-refractivity contribution >= 4 is 11.8 Å². The molecule has 156 valence electrons. The van der Waals surface area contributed by atoms with Crippen molar-refractivity contribution in [3.8, 4) is 0 Å². The maximum atomic E-state index is 11.4. The van der Waals surface area contributed by atoms with E-state index in [4.69, 9.17) is 4.74 Å². The van der Waals surface area contributed by atoms with Gasteiger partial charge in [-0.05, 0) is 43.9 Å². The fourth-order valence-electron chi connectivity index (χ4n) is 3.14. The highest BCUT2D eigenvalue weighted by molar-refractivity contribution is 5.78. The number of aryl methyl sites for hydroxylation is 2.